The SMILES string of the molecule is COCC(=O)N1CCC(C)(O)C(NC(=O)c2ccc(F)cc2)C1c1ccccc1. The first kappa shape index (κ1) is 21.0. The quantitative estimate of drug-likeness (QED) is 0.807. The third-order valence-electron chi connectivity index (χ3n) is 5.30. The molecule has 0 aromatic heterocycles. The van der Waals surface area contributed by atoms with Crippen molar-refractivity contribution in [2.75, 3.05) is 20.3 Å². The molecule has 0 aliphatic carbocycles. The van der Waals surface area contributed by atoms with Crippen LogP contribution in [0.2, 0.25) is 0 Å². The van der Waals surface area contributed by atoms with Gasteiger partial charge < -0.3 is 20.1 Å². The van der Waals surface area contributed by atoms with Crippen LogP contribution in [-0.2, 0) is 9.53 Å². The molecule has 0 radical (unpaired) electrons. The molecule has 7 heteroatoms. The van der Waals surface area contributed by atoms with Crippen molar-refractivity contribution in [3.05, 3.63) is 71.5 Å². The zero-order chi connectivity index (χ0) is 21.0. The molecule has 3 unspecified atom stereocenters. The number of methoxy groups -OCH3 is 1. The molecule has 1 fully saturated rings. The predicted molar refractivity (Wildman–Crippen MR) is 106 cm³/mol. The van der Waals surface area contributed by atoms with Gasteiger partial charge in [-0.3, -0.25) is 9.59 Å². The highest BCUT2D eigenvalue weighted by Gasteiger charge is 2.47. The Balaban J connectivity index is 1.97. The van der Waals surface area contributed by atoms with E-state index in [0.717, 1.165) is 5.56 Å². The van der Waals surface area contributed by atoms with Gasteiger partial charge in [-0.15, -0.1) is 0 Å². The Kier molecular flexibility index (Phi) is 6.30. The molecule has 0 bridgehead atoms. The van der Waals surface area contributed by atoms with Gasteiger partial charge in [0.1, 0.15) is 12.4 Å². The fourth-order valence-corrected chi connectivity index (χ4v) is 3.73. The van der Waals surface area contributed by atoms with E-state index in [0.29, 0.717) is 13.0 Å². The van der Waals surface area contributed by atoms with Crippen LogP contribution < -0.4 is 5.32 Å². The Morgan fingerprint density at radius 2 is 1.86 bits per heavy atom. The summed E-state index contributed by atoms with van der Waals surface area (Å²) in [6, 6.07) is 13.1. The van der Waals surface area contributed by atoms with E-state index < -0.39 is 29.4 Å². The van der Waals surface area contributed by atoms with Gasteiger partial charge in [-0.05, 0) is 43.2 Å². The Morgan fingerprint density at radius 3 is 2.48 bits per heavy atom. The molecule has 154 valence electrons. The van der Waals surface area contributed by atoms with Gasteiger partial charge in [-0.25, -0.2) is 4.39 Å². The smallest absolute Gasteiger partial charge is 0.251 e. The number of carbonyl (C=O) groups excluding carboxylic acids is 2. The van der Waals surface area contributed by atoms with Gasteiger partial charge in [-0.1, -0.05) is 30.3 Å². The Hall–Kier alpha value is -2.77. The maximum atomic E-state index is 13.2. The van der Waals surface area contributed by atoms with Crippen LogP contribution in [0.15, 0.2) is 54.6 Å². The molecule has 1 saturated heterocycles. The number of likely N-dealkylation sites (tertiary alicyclic amines) is 1. The molecule has 2 amide bonds. The summed E-state index contributed by atoms with van der Waals surface area (Å²) >= 11 is 0. The lowest BCUT2D eigenvalue weighted by molar-refractivity contribution is -0.146. The number of halogens is 1. The summed E-state index contributed by atoms with van der Waals surface area (Å²) in [4.78, 5) is 27.1. The van der Waals surface area contributed by atoms with E-state index in [-0.39, 0.29) is 18.1 Å². The first-order valence-electron chi connectivity index (χ1n) is 9.45. The van der Waals surface area contributed by atoms with Gasteiger partial charge >= 0.3 is 0 Å². The van der Waals surface area contributed by atoms with Crippen LogP contribution in [0.1, 0.15) is 35.3 Å². The average molecular weight is 400 g/mol. The predicted octanol–water partition coefficient (Wildman–Crippen LogP) is 2.30. The van der Waals surface area contributed by atoms with Crippen molar-refractivity contribution < 1.29 is 23.8 Å². The van der Waals surface area contributed by atoms with Crippen molar-refractivity contribution in [3.8, 4) is 0 Å². The molecule has 1 heterocycles. The van der Waals surface area contributed by atoms with E-state index in [4.69, 9.17) is 4.74 Å². The summed E-state index contributed by atoms with van der Waals surface area (Å²) in [6.45, 7) is 1.89. The van der Waals surface area contributed by atoms with E-state index in [2.05, 4.69) is 5.32 Å². The highest BCUT2D eigenvalue weighted by molar-refractivity contribution is 5.94. The largest absolute Gasteiger partial charge is 0.388 e. The highest BCUT2D eigenvalue weighted by Crippen LogP contribution is 2.37. The number of piperidine rings is 1. The van der Waals surface area contributed by atoms with Gasteiger partial charge in [0, 0.05) is 19.2 Å². The van der Waals surface area contributed by atoms with Crippen molar-refractivity contribution in [3.63, 3.8) is 0 Å². The lowest BCUT2D eigenvalue weighted by Crippen LogP contribution is -2.63. The number of aliphatic hydroxyl groups is 1. The second kappa shape index (κ2) is 8.71. The number of amides is 2. The van der Waals surface area contributed by atoms with Crippen molar-refractivity contribution in [2.24, 2.45) is 0 Å². The summed E-state index contributed by atoms with van der Waals surface area (Å²) in [5, 5.41) is 14.0. The molecule has 1 aliphatic heterocycles. The number of ether oxygens (including phenoxy) is 1. The standard InChI is InChI=1S/C22H25FN2O4/c1-22(28)12-13-25(18(26)14-29-2)19(15-6-4-3-5-7-15)20(22)24-21(27)16-8-10-17(23)11-9-16/h3-11,19-20,28H,12-14H2,1-2H3,(H,24,27). The Labute approximate surface area is 169 Å². The van der Waals surface area contributed by atoms with E-state index in [1.165, 1.54) is 31.4 Å². The summed E-state index contributed by atoms with van der Waals surface area (Å²) < 4.78 is 18.2. The average Bonchev–Trinajstić information content (AvgIpc) is 2.70. The summed E-state index contributed by atoms with van der Waals surface area (Å²) in [5.41, 5.74) is -0.184. The Bertz CT molecular complexity index is 855. The molecule has 0 spiro atoms. The van der Waals surface area contributed by atoms with E-state index in [9.17, 15) is 19.1 Å². The van der Waals surface area contributed by atoms with Crippen molar-refractivity contribution in [2.45, 2.75) is 31.0 Å². The fraction of sp³-hybridized carbons (Fsp3) is 0.364. The highest BCUT2D eigenvalue weighted by atomic mass is 19.1. The van der Waals surface area contributed by atoms with E-state index in [1.54, 1.807) is 11.8 Å². The minimum Gasteiger partial charge on any atom is -0.388 e. The third kappa shape index (κ3) is 4.63. The number of benzene rings is 2. The lowest BCUT2D eigenvalue weighted by atomic mass is 9.79. The van der Waals surface area contributed by atoms with Gasteiger partial charge in [0.2, 0.25) is 5.91 Å². The van der Waals surface area contributed by atoms with Gasteiger partial charge in [0.05, 0.1) is 17.7 Å². The molecule has 29 heavy (non-hydrogen) atoms. The van der Waals surface area contributed by atoms with Crippen molar-refractivity contribution >= 4 is 11.8 Å². The first-order chi connectivity index (χ1) is 13.8. The maximum Gasteiger partial charge on any atom is 0.251 e. The molecule has 1 aliphatic rings. The van der Waals surface area contributed by atoms with Crippen LogP contribution in [0.25, 0.3) is 0 Å². The van der Waals surface area contributed by atoms with Gasteiger partial charge in [0.15, 0.2) is 0 Å². The number of carbonyl (C=O) groups is 2. The van der Waals surface area contributed by atoms with Crippen LogP contribution in [-0.4, -0.2) is 53.7 Å². The summed E-state index contributed by atoms with van der Waals surface area (Å²) in [7, 11) is 1.45. The monoisotopic (exact) mass is 400 g/mol. The topological polar surface area (TPSA) is 78.9 Å². The molecular formula is C22H25FN2O4. The molecule has 2 aromatic carbocycles. The molecule has 2 N–H and O–H groups in total. The second-order valence-corrected chi connectivity index (χ2v) is 7.44. The van der Waals surface area contributed by atoms with Crippen LogP contribution >= 0.6 is 0 Å². The van der Waals surface area contributed by atoms with Gasteiger partial charge in [-0.2, -0.15) is 0 Å². The zero-order valence-electron chi connectivity index (χ0n) is 16.5. The number of nitrogens with one attached hydrogen (secondary N) is 1. The van der Waals surface area contributed by atoms with Gasteiger partial charge in [0.25, 0.3) is 5.91 Å². The number of nitrogens with zero attached hydrogens (tertiary/aromatic N) is 1. The number of rotatable bonds is 5. The Morgan fingerprint density at radius 1 is 1.21 bits per heavy atom. The maximum absolute atomic E-state index is 13.2. The normalized spacial score (nSPS) is 24.2. The number of hydrogen-bond acceptors (Lipinski definition) is 4. The molecule has 2 aromatic rings. The number of hydrogen-bond donors (Lipinski definition) is 2. The molecule has 6 nitrogen and oxygen atoms in total. The molecule has 3 atom stereocenters. The summed E-state index contributed by atoms with van der Waals surface area (Å²) in [6.07, 6.45) is 0.292. The van der Waals surface area contributed by atoms with Crippen LogP contribution in [0.5, 0.6) is 0 Å². The second-order valence-electron chi connectivity index (χ2n) is 7.44. The third-order valence-corrected chi connectivity index (χ3v) is 5.30. The molecule has 0 saturated carbocycles. The first-order valence-corrected chi connectivity index (χ1v) is 9.45. The van der Waals surface area contributed by atoms with E-state index in [1.807, 2.05) is 30.3 Å². The van der Waals surface area contributed by atoms with E-state index >= 15 is 0 Å². The molecular weight excluding hydrogens is 375 g/mol. The summed E-state index contributed by atoms with van der Waals surface area (Å²) in [5.74, 6) is -1.11. The van der Waals surface area contributed by atoms with Crippen LogP contribution in [0, 0.1) is 5.82 Å². The van der Waals surface area contributed by atoms with Crippen molar-refractivity contribution in [1.29, 1.82) is 0 Å². The fourth-order valence-electron chi connectivity index (χ4n) is 3.73. The van der Waals surface area contributed by atoms with Crippen LogP contribution in [0.3, 0.4) is 0 Å². The lowest BCUT2D eigenvalue weighted by Gasteiger charge is -2.49. The zero-order valence-corrected chi connectivity index (χ0v) is 16.5. The van der Waals surface area contributed by atoms with Crippen molar-refractivity contribution in [1.82, 2.24) is 10.2 Å². The molecule has 3 rings (SSSR count). The van der Waals surface area contributed by atoms with Crippen LogP contribution in [0.4, 0.5) is 4.39 Å². The minimum atomic E-state index is -1.25. The minimum absolute atomic E-state index is 0.0931.